The lowest BCUT2D eigenvalue weighted by atomic mass is 10.3. The van der Waals surface area contributed by atoms with Gasteiger partial charge in [0.2, 0.25) is 0 Å². The normalized spacial score (nSPS) is 10.1. The average molecular weight is 273 g/mol. The average Bonchev–Trinajstić information content (AvgIpc) is 2.52. The number of anilines is 1. The van der Waals surface area contributed by atoms with Crippen molar-refractivity contribution in [3.63, 3.8) is 0 Å². The van der Waals surface area contributed by atoms with Crippen LogP contribution in [-0.4, -0.2) is 11.6 Å². The number of nitrogens with two attached hydrogens (primary N) is 1. The number of benzene rings is 1. The van der Waals surface area contributed by atoms with Crippen molar-refractivity contribution in [2.24, 2.45) is 5.84 Å². The number of aromatic nitrogens is 1. The maximum atomic E-state index is 5.78. The van der Waals surface area contributed by atoms with Gasteiger partial charge in [0.05, 0.1) is 6.61 Å². The number of hydrazine groups is 1. The topological polar surface area (TPSA) is 69.4 Å². The number of nitrogens with zero attached hydrogens (tertiary/aromatic N) is 1. The van der Waals surface area contributed by atoms with E-state index >= 15 is 0 Å². The van der Waals surface area contributed by atoms with Gasteiger partial charge in [0.1, 0.15) is 12.4 Å². The zero-order valence-corrected chi connectivity index (χ0v) is 11.5. The molecule has 3 N–H and O–H groups in total. The molecule has 0 amide bonds. The maximum Gasteiger partial charge on any atom is 0.161 e. The highest BCUT2D eigenvalue weighted by molar-refractivity contribution is 5.40. The molecule has 0 bridgehead atoms. The standard InChI is InChI=1S/C15H19N3O2/c1-2-9-19-13-5-3-4-6-14(13)20-11-12-7-8-15(18-16)17-10-12/h3-8,10H,2,9,11,16H2,1H3,(H,17,18). The molecule has 0 radical (unpaired) electrons. The smallest absolute Gasteiger partial charge is 0.161 e. The Kier molecular flexibility index (Phi) is 5.20. The minimum atomic E-state index is 0.435. The number of nitrogen functional groups attached to an aromatic ring is 1. The zero-order valence-electron chi connectivity index (χ0n) is 11.5. The van der Waals surface area contributed by atoms with E-state index in [0.29, 0.717) is 19.0 Å². The first-order valence-corrected chi connectivity index (χ1v) is 6.59. The van der Waals surface area contributed by atoms with Crippen LogP contribution in [0.15, 0.2) is 42.6 Å². The van der Waals surface area contributed by atoms with Crippen LogP contribution in [0.2, 0.25) is 0 Å². The molecule has 5 heteroatoms. The molecule has 0 aliphatic rings. The van der Waals surface area contributed by atoms with Gasteiger partial charge in [-0.25, -0.2) is 10.8 Å². The fraction of sp³-hybridized carbons (Fsp3) is 0.267. The monoisotopic (exact) mass is 273 g/mol. The van der Waals surface area contributed by atoms with Crippen LogP contribution in [-0.2, 0) is 6.61 Å². The van der Waals surface area contributed by atoms with Gasteiger partial charge in [0, 0.05) is 11.8 Å². The third-order valence-corrected chi connectivity index (χ3v) is 2.68. The number of hydrogen-bond acceptors (Lipinski definition) is 5. The summed E-state index contributed by atoms with van der Waals surface area (Å²) in [5.41, 5.74) is 3.46. The Labute approximate surface area is 118 Å². The number of nitrogens with one attached hydrogen (secondary N) is 1. The predicted molar refractivity (Wildman–Crippen MR) is 78.6 cm³/mol. The summed E-state index contributed by atoms with van der Waals surface area (Å²) < 4.78 is 11.4. The summed E-state index contributed by atoms with van der Waals surface area (Å²) in [4.78, 5) is 4.13. The van der Waals surface area contributed by atoms with Crippen LogP contribution < -0.4 is 20.7 Å². The lowest BCUT2D eigenvalue weighted by Gasteiger charge is -2.12. The number of hydrogen-bond donors (Lipinski definition) is 2. The first-order chi connectivity index (χ1) is 9.83. The first kappa shape index (κ1) is 14.1. The second-order valence-electron chi connectivity index (χ2n) is 4.28. The highest BCUT2D eigenvalue weighted by atomic mass is 16.5. The Balaban J connectivity index is 1.98. The minimum Gasteiger partial charge on any atom is -0.490 e. The van der Waals surface area contributed by atoms with Crippen LogP contribution in [0.4, 0.5) is 5.82 Å². The molecule has 20 heavy (non-hydrogen) atoms. The van der Waals surface area contributed by atoms with E-state index in [9.17, 15) is 0 Å². The molecule has 0 aliphatic carbocycles. The largest absolute Gasteiger partial charge is 0.490 e. The summed E-state index contributed by atoms with van der Waals surface area (Å²) in [6.07, 6.45) is 2.69. The lowest BCUT2D eigenvalue weighted by Crippen LogP contribution is -2.08. The van der Waals surface area contributed by atoms with E-state index in [2.05, 4.69) is 17.3 Å². The highest BCUT2D eigenvalue weighted by Gasteiger charge is 2.04. The van der Waals surface area contributed by atoms with E-state index in [1.165, 1.54) is 0 Å². The summed E-state index contributed by atoms with van der Waals surface area (Å²) in [5.74, 6) is 7.40. The van der Waals surface area contributed by atoms with Crippen LogP contribution in [0.25, 0.3) is 0 Å². The number of para-hydroxylation sites is 2. The van der Waals surface area contributed by atoms with E-state index in [1.807, 2.05) is 30.3 Å². The van der Waals surface area contributed by atoms with Crippen LogP contribution in [0, 0.1) is 0 Å². The Morgan fingerprint density at radius 2 is 1.85 bits per heavy atom. The Morgan fingerprint density at radius 3 is 2.45 bits per heavy atom. The summed E-state index contributed by atoms with van der Waals surface area (Å²) in [5, 5.41) is 0. The predicted octanol–water partition coefficient (Wildman–Crippen LogP) is 2.73. The highest BCUT2D eigenvalue weighted by Crippen LogP contribution is 2.27. The molecule has 0 atom stereocenters. The minimum absolute atomic E-state index is 0.435. The SMILES string of the molecule is CCCOc1ccccc1OCc1ccc(NN)nc1. The second-order valence-corrected chi connectivity index (χ2v) is 4.28. The Morgan fingerprint density at radius 1 is 1.10 bits per heavy atom. The number of pyridine rings is 1. The van der Waals surface area contributed by atoms with Crippen LogP contribution in [0.3, 0.4) is 0 Å². The van der Waals surface area contributed by atoms with Crippen molar-refractivity contribution < 1.29 is 9.47 Å². The lowest BCUT2D eigenvalue weighted by molar-refractivity contribution is 0.261. The van der Waals surface area contributed by atoms with Crippen molar-refractivity contribution in [1.82, 2.24) is 4.98 Å². The number of ether oxygens (including phenoxy) is 2. The fourth-order valence-corrected chi connectivity index (χ4v) is 1.66. The quantitative estimate of drug-likeness (QED) is 0.599. The number of rotatable bonds is 7. The van der Waals surface area contributed by atoms with Crippen LogP contribution in [0.1, 0.15) is 18.9 Å². The molecular formula is C15H19N3O2. The molecule has 2 rings (SSSR count). The van der Waals surface area contributed by atoms with E-state index < -0.39 is 0 Å². The van der Waals surface area contributed by atoms with Gasteiger partial charge >= 0.3 is 0 Å². The molecule has 0 aliphatic heterocycles. The van der Waals surface area contributed by atoms with Gasteiger partial charge in [-0.1, -0.05) is 25.1 Å². The molecule has 5 nitrogen and oxygen atoms in total. The van der Waals surface area contributed by atoms with Gasteiger partial charge in [-0.3, -0.25) is 0 Å². The van der Waals surface area contributed by atoms with Crippen molar-refractivity contribution in [2.75, 3.05) is 12.0 Å². The molecule has 1 heterocycles. The van der Waals surface area contributed by atoms with Crippen LogP contribution >= 0.6 is 0 Å². The molecule has 0 fully saturated rings. The summed E-state index contributed by atoms with van der Waals surface area (Å²) in [7, 11) is 0. The first-order valence-electron chi connectivity index (χ1n) is 6.59. The molecule has 0 unspecified atom stereocenters. The summed E-state index contributed by atoms with van der Waals surface area (Å²) >= 11 is 0. The molecule has 0 saturated carbocycles. The molecule has 0 spiro atoms. The van der Waals surface area contributed by atoms with Crippen molar-refractivity contribution in [2.45, 2.75) is 20.0 Å². The molecule has 0 saturated heterocycles. The van der Waals surface area contributed by atoms with Crippen molar-refractivity contribution in [1.29, 1.82) is 0 Å². The van der Waals surface area contributed by atoms with E-state index in [-0.39, 0.29) is 0 Å². The molecule has 1 aromatic heterocycles. The van der Waals surface area contributed by atoms with Gasteiger partial charge in [0.15, 0.2) is 11.5 Å². The second kappa shape index (κ2) is 7.35. The fourth-order valence-electron chi connectivity index (χ4n) is 1.66. The van der Waals surface area contributed by atoms with Crippen molar-refractivity contribution in [3.05, 3.63) is 48.2 Å². The van der Waals surface area contributed by atoms with E-state index in [0.717, 1.165) is 23.5 Å². The van der Waals surface area contributed by atoms with Gasteiger partial charge in [-0.2, -0.15) is 0 Å². The summed E-state index contributed by atoms with van der Waals surface area (Å²) in [6.45, 7) is 3.19. The molecule has 106 valence electrons. The zero-order chi connectivity index (χ0) is 14.2. The molecule has 1 aromatic carbocycles. The Bertz CT molecular complexity index is 529. The van der Waals surface area contributed by atoms with Crippen molar-refractivity contribution in [3.8, 4) is 11.5 Å². The van der Waals surface area contributed by atoms with Gasteiger partial charge in [-0.05, 0) is 24.6 Å². The molecular weight excluding hydrogens is 254 g/mol. The van der Waals surface area contributed by atoms with Gasteiger partial charge in [0.25, 0.3) is 0 Å². The molecule has 2 aromatic rings. The van der Waals surface area contributed by atoms with Crippen molar-refractivity contribution >= 4 is 5.82 Å². The van der Waals surface area contributed by atoms with Gasteiger partial charge < -0.3 is 14.9 Å². The van der Waals surface area contributed by atoms with Crippen LogP contribution in [0.5, 0.6) is 11.5 Å². The summed E-state index contributed by atoms with van der Waals surface area (Å²) in [6, 6.07) is 11.4. The van der Waals surface area contributed by atoms with E-state index in [4.69, 9.17) is 15.3 Å². The maximum absolute atomic E-state index is 5.78. The van der Waals surface area contributed by atoms with E-state index in [1.54, 1.807) is 12.3 Å². The third-order valence-electron chi connectivity index (χ3n) is 2.68. The third kappa shape index (κ3) is 3.86. The Hall–Kier alpha value is -2.27. The van der Waals surface area contributed by atoms with Gasteiger partial charge in [-0.15, -0.1) is 0 Å².